The third kappa shape index (κ3) is 1.87. The zero-order valence-electron chi connectivity index (χ0n) is 7.33. The van der Waals surface area contributed by atoms with Gasteiger partial charge in [0.05, 0.1) is 6.20 Å². The van der Waals surface area contributed by atoms with Gasteiger partial charge in [0, 0.05) is 6.42 Å². The van der Waals surface area contributed by atoms with Gasteiger partial charge in [-0.2, -0.15) is 0 Å². The Morgan fingerprint density at radius 1 is 1.33 bits per heavy atom. The van der Waals surface area contributed by atoms with E-state index >= 15 is 0 Å². The first kappa shape index (κ1) is 7.84. The molecule has 1 heterocycles. The molecule has 1 aliphatic rings. The topological polar surface area (TPSA) is 26.0 Å². The van der Waals surface area contributed by atoms with Crippen LogP contribution in [0.15, 0.2) is 16.9 Å². The van der Waals surface area contributed by atoms with Gasteiger partial charge in [0.1, 0.15) is 6.26 Å². The highest BCUT2D eigenvalue weighted by Gasteiger charge is 2.15. The van der Waals surface area contributed by atoms with Crippen LogP contribution in [0.4, 0.5) is 0 Å². The lowest BCUT2D eigenvalue weighted by molar-refractivity contribution is 0.329. The summed E-state index contributed by atoms with van der Waals surface area (Å²) in [5.41, 5.74) is 0. The van der Waals surface area contributed by atoms with Gasteiger partial charge >= 0.3 is 0 Å². The van der Waals surface area contributed by atoms with Gasteiger partial charge in [0.15, 0.2) is 5.89 Å². The van der Waals surface area contributed by atoms with Crippen LogP contribution in [0.1, 0.15) is 38.0 Å². The Morgan fingerprint density at radius 3 is 2.83 bits per heavy atom. The van der Waals surface area contributed by atoms with Crippen LogP contribution in [0, 0.1) is 5.92 Å². The first-order valence-electron chi connectivity index (χ1n) is 4.83. The molecule has 0 atom stereocenters. The summed E-state index contributed by atoms with van der Waals surface area (Å²) in [6.07, 6.45) is 11.4. The van der Waals surface area contributed by atoms with E-state index in [0.29, 0.717) is 0 Å². The number of oxazole rings is 1. The minimum atomic E-state index is 0.831. The van der Waals surface area contributed by atoms with Crippen LogP contribution >= 0.6 is 0 Å². The molecule has 2 heteroatoms. The molecule has 66 valence electrons. The minimum absolute atomic E-state index is 0.831. The molecule has 0 bridgehead atoms. The van der Waals surface area contributed by atoms with Crippen LogP contribution in [0.5, 0.6) is 0 Å². The van der Waals surface area contributed by atoms with E-state index in [2.05, 4.69) is 4.98 Å². The zero-order chi connectivity index (χ0) is 8.23. The van der Waals surface area contributed by atoms with E-state index in [1.165, 1.54) is 32.1 Å². The Bertz CT molecular complexity index is 212. The van der Waals surface area contributed by atoms with E-state index in [1.54, 1.807) is 12.5 Å². The first-order chi connectivity index (χ1) is 5.95. The molecule has 0 radical (unpaired) electrons. The van der Waals surface area contributed by atoms with Crippen molar-refractivity contribution in [3.63, 3.8) is 0 Å². The van der Waals surface area contributed by atoms with Crippen molar-refractivity contribution in [2.75, 3.05) is 0 Å². The minimum Gasteiger partial charge on any atom is -0.449 e. The summed E-state index contributed by atoms with van der Waals surface area (Å²) >= 11 is 0. The third-order valence-electron chi connectivity index (χ3n) is 2.67. The lowest BCUT2D eigenvalue weighted by Gasteiger charge is -2.19. The molecule has 0 spiro atoms. The summed E-state index contributed by atoms with van der Waals surface area (Å²) < 4.78 is 5.23. The second-order valence-corrected chi connectivity index (χ2v) is 3.63. The van der Waals surface area contributed by atoms with E-state index in [9.17, 15) is 0 Å². The molecule has 1 aromatic heterocycles. The standard InChI is InChI=1S/C10H15NO/c1-2-4-9(5-3-1)8-10-11-6-7-12-10/h6-7,9H,1-5,8H2. The largest absolute Gasteiger partial charge is 0.449 e. The molecule has 1 fully saturated rings. The van der Waals surface area contributed by atoms with Gasteiger partial charge in [-0.1, -0.05) is 19.3 Å². The highest BCUT2D eigenvalue weighted by Crippen LogP contribution is 2.26. The van der Waals surface area contributed by atoms with Gasteiger partial charge in [0.25, 0.3) is 0 Å². The molecule has 0 saturated heterocycles. The van der Waals surface area contributed by atoms with Crippen LogP contribution in [-0.2, 0) is 6.42 Å². The van der Waals surface area contributed by atoms with Gasteiger partial charge in [0.2, 0.25) is 0 Å². The fraction of sp³-hybridized carbons (Fsp3) is 0.700. The van der Waals surface area contributed by atoms with Crippen molar-refractivity contribution in [2.24, 2.45) is 5.92 Å². The summed E-state index contributed by atoms with van der Waals surface area (Å²) in [5.74, 6) is 1.75. The van der Waals surface area contributed by atoms with Crippen LogP contribution in [0.2, 0.25) is 0 Å². The molecule has 0 aliphatic heterocycles. The predicted molar refractivity (Wildman–Crippen MR) is 46.8 cm³/mol. The molecule has 0 N–H and O–H groups in total. The zero-order valence-corrected chi connectivity index (χ0v) is 7.33. The van der Waals surface area contributed by atoms with Crippen LogP contribution in [-0.4, -0.2) is 4.98 Å². The van der Waals surface area contributed by atoms with E-state index in [1.807, 2.05) is 0 Å². The highest BCUT2D eigenvalue weighted by atomic mass is 16.3. The van der Waals surface area contributed by atoms with Crippen molar-refractivity contribution >= 4 is 0 Å². The van der Waals surface area contributed by atoms with Crippen LogP contribution in [0.25, 0.3) is 0 Å². The van der Waals surface area contributed by atoms with Crippen LogP contribution in [0.3, 0.4) is 0 Å². The van der Waals surface area contributed by atoms with Crippen molar-refractivity contribution in [1.82, 2.24) is 4.98 Å². The van der Waals surface area contributed by atoms with Gasteiger partial charge in [-0.3, -0.25) is 0 Å². The van der Waals surface area contributed by atoms with Gasteiger partial charge in [-0.05, 0) is 18.8 Å². The molecular weight excluding hydrogens is 150 g/mol. The molecule has 12 heavy (non-hydrogen) atoms. The fourth-order valence-electron chi connectivity index (χ4n) is 1.99. The fourth-order valence-corrected chi connectivity index (χ4v) is 1.99. The smallest absolute Gasteiger partial charge is 0.194 e. The molecule has 0 unspecified atom stereocenters. The Labute approximate surface area is 73.0 Å². The molecular formula is C10H15NO. The highest BCUT2D eigenvalue weighted by molar-refractivity contribution is 4.83. The number of hydrogen-bond donors (Lipinski definition) is 0. The van der Waals surface area contributed by atoms with E-state index < -0.39 is 0 Å². The van der Waals surface area contributed by atoms with E-state index in [4.69, 9.17) is 4.42 Å². The summed E-state index contributed by atoms with van der Waals surface area (Å²) in [6.45, 7) is 0. The first-order valence-corrected chi connectivity index (χ1v) is 4.83. The lowest BCUT2D eigenvalue weighted by atomic mass is 9.87. The van der Waals surface area contributed by atoms with Gasteiger partial charge in [-0.15, -0.1) is 0 Å². The maximum absolute atomic E-state index is 5.23. The van der Waals surface area contributed by atoms with E-state index in [0.717, 1.165) is 18.2 Å². The molecule has 1 saturated carbocycles. The Hall–Kier alpha value is -0.790. The second kappa shape index (κ2) is 3.74. The monoisotopic (exact) mass is 165 g/mol. The molecule has 1 aromatic rings. The van der Waals surface area contributed by atoms with Crippen LogP contribution < -0.4 is 0 Å². The molecule has 1 aliphatic carbocycles. The average molecular weight is 165 g/mol. The Kier molecular flexibility index (Phi) is 2.45. The van der Waals surface area contributed by atoms with Crippen molar-refractivity contribution in [3.8, 4) is 0 Å². The Balaban J connectivity index is 1.86. The molecule has 2 rings (SSSR count). The summed E-state index contributed by atoms with van der Waals surface area (Å²) in [4.78, 5) is 4.14. The second-order valence-electron chi connectivity index (χ2n) is 3.63. The van der Waals surface area contributed by atoms with Crippen molar-refractivity contribution < 1.29 is 4.42 Å². The summed E-state index contributed by atoms with van der Waals surface area (Å²) in [5, 5.41) is 0. The SMILES string of the molecule is c1coc(CC2CCCCC2)n1. The number of rotatable bonds is 2. The molecule has 0 amide bonds. The normalized spacial score (nSPS) is 19.7. The predicted octanol–water partition coefficient (Wildman–Crippen LogP) is 2.80. The van der Waals surface area contributed by atoms with Crippen molar-refractivity contribution in [3.05, 3.63) is 18.4 Å². The van der Waals surface area contributed by atoms with Crippen molar-refractivity contribution in [2.45, 2.75) is 38.5 Å². The number of aromatic nitrogens is 1. The molecule has 2 nitrogen and oxygen atoms in total. The Morgan fingerprint density at radius 2 is 2.17 bits per heavy atom. The summed E-state index contributed by atoms with van der Waals surface area (Å²) in [7, 11) is 0. The van der Waals surface area contributed by atoms with Gasteiger partial charge < -0.3 is 4.42 Å². The number of nitrogens with zero attached hydrogens (tertiary/aromatic N) is 1. The molecule has 0 aromatic carbocycles. The maximum Gasteiger partial charge on any atom is 0.194 e. The average Bonchev–Trinajstić information content (AvgIpc) is 2.59. The van der Waals surface area contributed by atoms with Gasteiger partial charge in [-0.25, -0.2) is 4.98 Å². The third-order valence-corrected chi connectivity index (χ3v) is 2.67. The summed E-state index contributed by atoms with van der Waals surface area (Å²) in [6, 6.07) is 0. The number of hydrogen-bond acceptors (Lipinski definition) is 2. The van der Waals surface area contributed by atoms with E-state index in [-0.39, 0.29) is 0 Å². The quantitative estimate of drug-likeness (QED) is 0.673. The lowest BCUT2D eigenvalue weighted by Crippen LogP contribution is -2.09. The maximum atomic E-state index is 5.23. The van der Waals surface area contributed by atoms with Crippen molar-refractivity contribution in [1.29, 1.82) is 0 Å².